The van der Waals surface area contributed by atoms with E-state index in [0.29, 0.717) is 19.3 Å². The van der Waals surface area contributed by atoms with Gasteiger partial charge in [0, 0.05) is 0 Å². The number of ether oxygens (including phenoxy) is 2. The number of aromatic carboxylic acids is 4. The lowest BCUT2D eigenvalue weighted by Gasteiger charge is -2.08. The third-order valence-corrected chi connectivity index (χ3v) is 4.69. The maximum absolute atomic E-state index is 12.1. The maximum atomic E-state index is 12.1. The third kappa shape index (κ3) is 7.12. The molecule has 184 valence electrons. The molecule has 0 aliphatic rings. The van der Waals surface area contributed by atoms with E-state index in [1.165, 1.54) is 0 Å². The summed E-state index contributed by atoms with van der Waals surface area (Å²) in [5.41, 5.74) is -2.23. The van der Waals surface area contributed by atoms with Crippen LogP contribution in [0.25, 0.3) is 0 Å². The molecular weight excluding hydrogens is 468 g/mol. The molecule has 12 heteroatoms. The standard InChI is InChI=1S/C23H20O12/c24-18(25)14-6-4-12(10-16(14)20(28)29)22(32)34-8-2-1-3-9-35-23(33)13-5-7-15(19(26)27)17(11-13)21(30)31/h4-7,10-11H,1-3,8-9H2,(H,24,25)(H,26,27)(H,28,29)(H,30,31). The summed E-state index contributed by atoms with van der Waals surface area (Å²) < 4.78 is 10.1. The van der Waals surface area contributed by atoms with E-state index in [-0.39, 0.29) is 24.3 Å². The van der Waals surface area contributed by atoms with Crippen molar-refractivity contribution in [1.29, 1.82) is 0 Å². The van der Waals surface area contributed by atoms with Gasteiger partial charge in [-0.15, -0.1) is 0 Å². The van der Waals surface area contributed by atoms with Crippen molar-refractivity contribution in [3.8, 4) is 0 Å². The topological polar surface area (TPSA) is 202 Å². The second-order valence-electron chi connectivity index (χ2n) is 7.07. The second kappa shape index (κ2) is 11.9. The Balaban J connectivity index is 1.78. The number of carbonyl (C=O) groups excluding carboxylic acids is 2. The molecule has 0 aromatic heterocycles. The highest BCUT2D eigenvalue weighted by molar-refractivity contribution is 6.04. The molecule has 2 rings (SSSR count). The molecule has 0 unspecified atom stereocenters. The number of hydrogen-bond acceptors (Lipinski definition) is 8. The largest absolute Gasteiger partial charge is 0.478 e. The molecule has 2 aromatic carbocycles. The fourth-order valence-corrected chi connectivity index (χ4v) is 2.95. The number of rotatable bonds is 12. The van der Waals surface area contributed by atoms with Crippen molar-refractivity contribution in [2.75, 3.05) is 13.2 Å². The van der Waals surface area contributed by atoms with Crippen molar-refractivity contribution in [1.82, 2.24) is 0 Å². The molecule has 0 aliphatic carbocycles. The first kappa shape index (κ1) is 26.5. The Labute approximate surface area is 197 Å². The molecule has 0 radical (unpaired) electrons. The van der Waals surface area contributed by atoms with Crippen LogP contribution < -0.4 is 0 Å². The van der Waals surface area contributed by atoms with E-state index >= 15 is 0 Å². The third-order valence-electron chi connectivity index (χ3n) is 4.69. The van der Waals surface area contributed by atoms with Crippen LogP contribution >= 0.6 is 0 Å². The Morgan fingerprint density at radius 1 is 0.514 bits per heavy atom. The average molecular weight is 488 g/mol. The number of carboxylic acids is 4. The lowest BCUT2D eigenvalue weighted by Crippen LogP contribution is -2.13. The summed E-state index contributed by atoms with van der Waals surface area (Å²) in [6.45, 7) is -0.0387. The molecule has 12 nitrogen and oxygen atoms in total. The van der Waals surface area contributed by atoms with E-state index in [1.54, 1.807) is 0 Å². The van der Waals surface area contributed by atoms with Crippen LogP contribution in [0.3, 0.4) is 0 Å². The minimum absolute atomic E-state index is 0.0194. The maximum Gasteiger partial charge on any atom is 0.338 e. The van der Waals surface area contributed by atoms with Gasteiger partial charge in [0.2, 0.25) is 0 Å². The second-order valence-corrected chi connectivity index (χ2v) is 7.07. The molecule has 0 saturated carbocycles. The Morgan fingerprint density at radius 3 is 1.17 bits per heavy atom. The van der Waals surface area contributed by atoms with E-state index in [0.717, 1.165) is 36.4 Å². The molecule has 2 aromatic rings. The number of carbonyl (C=O) groups is 6. The van der Waals surface area contributed by atoms with Crippen LogP contribution in [0.4, 0.5) is 0 Å². The molecule has 4 N–H and O–H groups in total. The fourth-order valence-electron chi connectivity index (χ4n) is 2.95. The van der Waals surface area contributed by atoms with Crippen LogP contribution in [-0.2, 0) is 9.47 Å². The summed E-state index contributed by atoms with van der Waals surface area (Å²) in [5, 5.41) is 36.2. The zero-order valence-corrected chi connectivity index (χ0v) is 18.1. The van der Waals surface area contributed by atoms with Gasteiger partial charge in [-0.1, -0.05) is 0 Å². The Kier molecular flexibility index (Phi) is 9.04. The van der Waals surface area contributed by atoms with Crippen LogP contribution in [0, 0.1) is 0 Å². The fraction of sp³-hybridized carbons (Fsp3) is 0.217. The zero-order valence-electron chi connectivity index (χ0n) is 18.1. The van der Waals surface area contributed by atoms with E-state index < -0.39 is 58.1 Å². The van der Waals surface area contributed by atoms with Gasteiger partial charge in [-0.05, 0) is 55.7 Å². The molecule has 0 spiro atoms. The number of esters is 2. The molecule has 0 aliphatic heterocycles. The number of carboxylic acid groups (broad SMARTS) is 4. The molecule has 0 atom stereocenters. The van der Waals surface area contributed by atoms with Gasteiger partial charge in [-0.3, -0.25) is 0 Å². The van der Waals surface area contributed by atoms with Gasteiger partial charge < -0.3 is 29.9 Å². The van der Waals surface area contributed by atoms with Crippen LogP contribution in [0.15, 0.2) is 36.4 Å². The first-order chi connectivity index (χ1) is 16.5. The van der Waals surface area contributed by atoms with E-state index in [2.05, 4.69) is 0 Å². The van der Waals surface area contributed by atoms with Crippen molar-refractivity contribution in [3.63, 3.8) is 0 Å². The van der Waals surface area contributed by atoms with Crippen LogP contribution in [0.1, 0.15) is 81.4 Å². The summed E-state index contributed by atoms with van der Waals surface area (Å²) in [6.07, 6.45) is 1.26. The van der Waals surface area contributed by atoms with E-state index in [4.69, 9.17) is 29.9 Å². The number of hydrogen-bond donors (Lipinski definition) is 4. The zero-order chi connectivity index (χ0) is 26.1. The molecule has 0 amide bonds. The summed E-state index contributed by atoms with van der Waals surface area (Å²) in [6, 6.07) is 6.16. The molecule has 0 saturated heterocycles. The lowest BCUT2D eigenvalue weighted by molar-refractivity contribution is 0.0475. The first-order valence-corrected chi connectivity index (χ1v) is 10.1. The Morgan fingerprint density at radius 2 is 0.857 bits per heavy atom. The predicted octanol–water partition coefficient (Wildman–Crippen LogP) is 2.66. The van der Waals surface area contributed by atoms with Crippen molar-refractivity contribution in [3.05, 3.63) is 69.8 Å². The Bertz CT molecular complexity index is 1090. The highest BCUT2D eigenvalue weighted by Crippen LogP contribution is 2.15. The summed E-state index contributed by atoms with van der Waals surface area (Å²) in [4.78, 5) is 68.6. The highest BCUT2D eigenvalue weighted by atomic mass is 16.5. The normalized spacial score (nSPS) is 10.3. The summed E-state index contributed by atoms with van der Waals surface area (Å²) in [7, 11) is 0. The van der Waals surface area contributed by atoms with Gasteiger partial charge in [-0.2, -0.15) is 0 Å². The van der Waals surface area contributed by atoms with Crippen LogP contribution in [-0.4, -0.2) is 69.5 Å². The van der Waals surface area contributed by atoms with Gasteiger partial charge in [0.15, 0.2) is 0 Å². The first-order valence-electron chi connectivity index (χ1n) is 10.1. The van der Waals surface area contributed by atoms with E-state index in [9.17, 15) is 28.8 Å². The minimum atomic E-state index is -1.50. The quantitative estimate of drug-likeness (QED) is 0.252. The number of benzene rings is 2. The van der Waals surface area contributed by atoms with Crippen molar-refractivity contribution >= 4 is 35.8 Å². The molecule has 0 fully saturated rings. The van der Waals surface area contributed by atoms with Crippen molar-refractivity contribution < 1.29 is 58.7 Å². The van der Waals surface area contributed by atoms with Gasteiger partial charge in [0.1, 0.15) is 0 Å². The van der Waals surface area contributed by atoms with Gasteiger partial charge >= 0.3 is 35.8 Å². The minimum Gasteiger partial charge on any atom is -0.478 e. The van der Waals surface area contributed by atoms with Crippen LogP contribution in [0.2, 0.25) is 0 Å². The summed E-state index contributed by atoms with van der Waals surface area (Å²) in [5.74, 6) is -7.53. The lowest BCUT2D eigenvalue weighted by atomic mass is 10.0. The van der Waals surface area contributed by atoms with Gasteiger partial charge in [0.05, 0.1) is 46.6 Å². The molecule has 0 bridgehead atoms. The monoisotopic (exact) mass is 488 g/mol. The Hall–Kier alpha value is -4.74. The van der Waals surface area contributed by atoms with E-state index in [1.807, 2.05) is 0 Å². The number of unbranched alkanes of at least 4 members (excludes halogenated alkanes) is 2. The summed E-state index contributed by atoms with van der Waals surface area (Å²) >= 11 is 0. The van der Waals surface area contributed by atoms with Crippen molar-refractivity contribution in [2.45, 2.75) is 19.3 Å². The van der Waals surface area contributed by atoms with Gasteiger partial charge in [0.25, 0.3) is 0 Å². The molecule has 35 heavy (non-hydrogen) atoms. The SMILES string of the molecule is O=C(OCCCCCOC(=O)c1ccc(C(=O)O)c(C(=O)O)c1)c1ccc(C(=O)O)c(C(=O)O)c1. The highest BCUT2D eigenvalue weighted by Gasteiger charge is 2.20. The predicted molar refractivity (Wildman–Crippen MR) is 115 cm³/mol. The van der Waals surface area contributed by atoms with Crippen molar-refractivity contribution in [2.24, 2.45) is 0 Å². The van der Waals surface area contributed by atoms with Crippen LogP contribution in [0.5, 0.6) is 0 Å². The smallest absolute Gasteiger partial charge is 0.338 e. The molecule has 0 heterocycles. The average Bonchev–Trinajstić information content (AvgIpc) is 2.81. The van der Waals surface area contributed by atoms with Gasteiger partial charge in [-0.25, -0.2) is 28.8 Å². The molecular formula is C23H20O12.